The molecule has 0 bridgehead atoms. The largest absolute Gasteiger partial charge is 0.340 e. The first kappa shape index (κ1) is 10.6. The zero-order valence-electron chi connectivity index (χ0n) is 8.33. The SMILES string of the molecule is CCCN(C)C(=O)c1cccc(F)n1. The van der Waals surface area contributed by atoms with Gasteiger partial charge < -0.3 is 4.90 Å². The van der Waals surface area contributed by atoms with Gasteiger partial charge in [-0.25, -0.2) is 4.98 Å². The second kappa shape index (κ2) is 4.69. The molecule has 0 saturated heterocycles. The number of hydrogen-bond donors (Lipinski definition) is 0. The maximum Gasteiger partial charge on any atom is 0.272 e. The maximum atomic E-state index is 12.7. The zero-order chi connectivity index (χ0) is 10.6. The summed E-state index contributed by atoms with van der Waals surface area (Å²) in [6.07, 6.45) is 0.873. The lowest BCUT2D eigenvalue weighted by Crippen LogP contribution is -2.28. The molecule has 1 aromatic heterocycles. The van der Waals surface area contributed by atoms with Gasteiger partial charge >= 0.3 is 0 Å². The Morgan fingerprint density at radius 2 is 2.29 bits per heavy atom. The number of amides is 1. The number of carbonyl (C=O) groups is 1. The van der Waals surface area contributed by atoms with Crippen LogP contribution in [0.2, 0.25) is 0 Å². The third-order valence-corrected chi connectivity index (χ3v) is 1.84. The quantitative estimate of drug-likeness (QED) is 0.689. The molecule has 0 atom stereocenters. The van der Waals surface area contributed by atoms with E-state index in [-0.39, 0.29) is 11.6 Å². The molecule has 0 aromatic carbocycles. The summed E-state index contributed by atoms with van der Waals surface area (Å²) in [4.78, 5) is 16.6. The van der Waals surface area contributed by atoms with Gasteiger partial charge in [-0.05, 0) is 18.6 Å². The molecule has 0 radical (unpaired) electrons. The summed E-state index contributed by atoms with van der Waals surface area (Å²) < 4.78 is 12.7. The van der Waals surface area contributed by atoms with E-state index in [1.165, 1.54) is 23.1 Å². The average Bonchev–Trinajstić information content (AvgIpc) is 2.17. The molecule has 0 fully saturated rings. The highest BCUT2D eigenvalue weighted by Gasteiger charge is 2.12. The van der Waals surface area contributed by atoms with Gasteiger partial charge in [-0.3, -0.25) is 4.79 Å². The van der Waals surface area contributed by atoms with Gasteiger partial charge in [0.05, 0.1) is 0 Å². The van der Waals surface area contributed by atoms with Crippen LogP contribution in [0.1, 0.15) is 23.8 Å². The van der Waals surface area contributed by atoms with Gasteiger partial charge in [0.1, 0.15) is 5.69 Å². The molecule has 3 nitrogen and oxygen atoms in total. The number of nitrogens with zero attached hydrogens (tertiary/aromatic N) is 2. The van der Waals surface area contributed by atoms with Gasteiger partial charge in [0, 0.05) is 13.6 Å². The minimum absolute atomic E-state index is 0.154. The van der Waals surface area contributed by atoms with Crippen LogP contribution < -0.4 is 0 Å². The van der Waals surface area contributed by atoms with Crippen LogP contribution in [-0.4, -0.2) is 29.4 Å². The molecule has 14 heavy (non-hydrogen) atoms. The van der Waals surface area contributed by atoms with Crippen molar-refractivity contribution in [2.24, 2.45) is 0 Å². The van der Waals surface area contributed by atoms with E-state index < -0.39 is 5.95 Å². The summed E-state index contributed by atoms with van der Waals surface area (Å²) >= 11 is 0. The predicted octanol–water partition coefficient (Wildman–Crippen LogP) is 1.70. The Bertz CT molecular complexity index is 328. The topological polar surface area (TPSA) is 33.2 Å². The molecule has 1 rings (SSSR count). The first-order chi connectivity index (χ1) is 6.65. The summed E-state index contributed by atoms with van der Waals surface area (Å²) in [5.41, 5.74) is 0.154. The van der Waals surface area contributed by atoms with E-state index in [0.29, 0.717) is 6.54 Å². The van der Waals surface area contributed by atoms with Gasteiger partial charge in [-0.2, -0.15) is 4.39 Å². The van der Waals surface area contributed by atoms with Crippen molar-refractivity contribution < 1.29 is 9.18 Å². The Kier molecular flexibility index (Phi) is 3.56. The molecular formula is C10H13FN2O. The average molecular weight is 196 g/mol. The van der Waals surface area contributed by atoms with Gasteiger partial charge in [0.25, 0.3) is 5.91 Å². The lowest BCUT2D eigenvalue weighted by atomic mass is 10.3. The Morgan fingerprint density at radius 1 is 1.57 bits per heavy atom. The first-order valence-electron chi connectivity index (χ1n) is 4.53. The second-order valence-corrected chi connectivity index (χ2v) is 3.07. The molecule has 1 aromatic rings. The summed E-state index contributed by atoms with van der Waals surface area (Å²) in [6, 6.07) is 4.21. The van der Waals surface area contributed by atoms with Crippen molar-refractivity contribution in [1.29, 1.82) is 0 Å². The fourth-order valence-electron chi connectivity index (χ4n) is 1.16. The van der Waals surface area contributed by atoms with Crippen molar-refractivity contribution in [2.75, 3.05) is 13.6 Å². The summed E-state index contributed by atoms with van der Waals surface area (Å²) in [7, 11) is 1.68. The molecule has 1 heterocycles. The van der Waals surface area contributed by atoms with Crippen LogP contribution in [-0.2, 0) is 0 Å². The van der Waals surface area contributed by atoms with Gasteiger partial charge in [0.15, 0.2) is 0 Å². The normalized spacial score (nSPS) is 9.93. The number of hydrogen-bond acceptors (Lipinski definition) is 2. The minimum Gasteiger partial charge on any atom is -0.340 e. The van der Waals surface area contributed by atoms with Crippen LogP contribution in [0.5, 0.6) is 0 Å². The minimum atomic E-state index is -0.624. The summed E-state index contributed by atoms with van der Waals surface area (Å²) in [5, 5.41) is 0. The fourth-order valence-corrected chi connectivity index (χ4v) is 1.16. The van der Waals surface area contributed by atoms with E-state index in [0.717, 1.165) is 6.42 Å². The molecule has 4 heteroatoms. The maximum absolute atomic E-state index is 12.7. The Balaban J connectivity index is 2.78. The van der Waals surface area contributed by atoms with E-state index in [1.807, 2.05) is 6.92 Å². The number of pyridine rings is 1. The highest BCUT2D eigenvalue weighted by atomic mass is 19.1. The lowest BCUT2D eigenvalue weighted by Gasteiger charge is -2.14. The second-order valence-electron chi connectivity index (χ2n) is 3.07. The third-order valence-electron chi connectivity index (χ3n) is 1.84. The lowest BCUT2D eigenvalue weighted by molar-refractivity contribution is 0.0788. The number of rotatable bonds is 3. The van der Waals surface area contributed by atoms with Crippen LogP contribution >= 0.6 is 0 Å². The predicted molar refractivity (Wildman–Crippen MR) is 51.4 cm³/mol. The molecule has 0 aliphatic heterocycles. The van der Waals surface area contributed by atoms with Crippen LogP contribution in [0.15, 0.2) is 18.2 Å². The molecule has 0 aliphatic carbocycles. The van der Waals surface area contributed by atoms with Crippen molar-refractivity contribution >= 4 is 5.91 Å². The van der Waals surface area contributed by atoms with Crippen molar-refractivity contribution in [2.45, 2.75) is 13.3 Å². The number of halogens is 1. The molecule has 0 unspecified atom stereocenters. The van der Waals surface area contributed by atoms with E-state index in [4.69, 9.17) is 0 Å². The van der Waals surface area contributed by atoms with E-state index >= 15 is 0 Å². The standard InChI is InChI=1S/C10H13FN2O/c1-3-7-13(2)10(14)8-5-4-6-9(11)12-8/h4-6H,3,7H2,1-2H3. The summed E-state index contributed by atoms with van der Waals surface area (Å²) in [6.45, 7) is 2.62. The molecule has 0 aliphatic rings. The highest BCUT2D eigenvalue weighted by Crippen LogP contribution is 2.02. The van der Waals surface area contributed by atoms with Crippen LogP contribution in [0.25, 0.3) is 0 Å². The molecule has 1 amide bonds. The molecule has 76 valence electrons. The van der Waals surface area contributed by atoms with Crippen LogP contribution in [0.3, 0.4) is 0 Å². The number of carbonyl (C=O) groups excluding carboxylic acids is 1. The Hall–Kier alpha value is -1.45. The van der Waals surface area contributed by atoms with Crippen molar-refractivity contribution in [3.05, 3.63) is 29.8 Å². The van der Waals surface area contributed by atoms with Crippen LogP contribution in [0, 0.1) is 5.95 Å². The van der Waals surface area contributed by atoms with E-state index in [1.54, 1.807) is 7.05 Å². The Labute approximate surface area is 82.6 Å². The first-order valence-corrected chi connectivity index (χ1v) is 4.53. The molecule has 0 N–H and O–H groups in total. The summed E-state index contributed by atoms with van der Waals surface area (Å²) in [5.74, 6) is -0.868. The van der Waals surface area contributed by atoms with Gasteiger partial charge in [-0.15, -0.1) is 0 Å². The van der Waals surface area contributed by atoms with Crippen molar-refractivity contribution in [3.8, 4) is 0 Å². The zero-order valence-corrected chi connectivity index (χ0v) is 8.33. The van der Waals surface area contributed by atoms with E-state index in [2.05, 4.69) is 4.98 Å². The van der Waals surface area contributed by atoms with Gasteiger partial charge in [0.2, 0.25) is 5.95 Å². The monoisotopic (exact) mass is 196 g/mol. The van der Waals surface area contributed by atoms with E-state index in [9.17, 15) is 9.18 Å². The van der Waals surface area contributed by atoms with Crippen LogP contribution in [0.4, 0.5) is 4.39 Å². The molecule has 0 saturated carbocycles. The van der Waals surface area contributed by atoms with Gasteiger partial charge in [-0.1, -0.05) is 13.0 Å². The fraction of sp³-hybridized carbons (Fsp3) is 0.400. The van der Waals surface area contributed by atoms with Crippen molar-refractivity contribution in [1.82, 2.24) is 9.88 Å². The highest BCUT2D eigenvalue weighted by molar-refractivity contribution is 5.92. The third kappa shape index (κ3) is 2.52. The molecule has 0 spiro atoms. The molecular weight excluding hydrogens is 183 g/mol. The number of aromatic nitrogens is 1. The smallest absolute Gasteiger partial charge is 0.272 e. The Morgan fingerprint density at radius 3 is 2.86 bits per heavy atom. The van der Waals surface area contributed by atoms with Crippen molar-refractivity contribution in [3.63, 3.8) is 0 Å².